The molecule has 1 aliphatic heterocycles. The van der Waals surface area contributed by atoms with Crippen molar-refractivity contribution >= 4 is 33.2 Å². The van der Waals surface area contributed by atoms with Gasteiger partial charge in [0.15, 0.2) is 0 Å². The summed E-state index contributed by atoms with van der Waals surface area (Å²) < 4.78 is 29.2. The van der Waals surface area contributed by atoms with Gasteiger partial charge in [-0.15, -0.1) is 0 Å². The molecule has 0 spiro atoms. The Hall–Kier alpha value is -3.49. The number of benzene rings is 3. The fourth-order valence-electron chi connectivity index (χ4n) is 3.75. The fraction of sp³-hybridized carbons (Fsp3) is 0.200. The quantitative estimate of drug-likeness (QED) is 0.584. The maximum Gasteiger partial charge on any atom is 0.249 e. The van der Waals surface area contributed by atoms with E-state index in [2.05, 4.69) is 10.0 Å². The molecule has 1 atom stereocenters. The fourth-order valence-corrected chi connectivity index (χ4v) is 4.97. The molecule has 170 valence electrons. The van der Waals surface area contributed by atoms with E-state index in [9.17, 15) is 18.0 Å². The molecule has 0 aliphatic carbocycles. The SMILES string of the molecule is Cc1ccc(N(C)C(=O)C(NS(=O)(=O)c2ccc3c(c2)CCC(=O)N3)c2ccccc2)cc1. The summed E-state index contributed by atoms with van der Waals surface area (Å²) in [5.41, 5.74) is 3.62. The van der Waals surface area contributed by atoms with Crippen LogP contribution in [-0.2, 0) is 26.0 Å². The molecule has 0 saturated carbocycles. The number of aryl methyl sites for hydroxylation is 2. The molecule has 0 saturated heterocycles. The number of nitrogens with zero attached hydrogens (tertiary/aromatic N) is 1. The zero-order valence-electron chi connectivity index (χ0n) is 18.4. The highest BCUT2D eigenvalue weighted by Crippen LogP contribution is 2.27. The van der Waals surface area contributed by atoms with Crippen molar-refractivity contribution in [3.05, 3.63) is 89.5 Å². The summed E-state index contributed by atoms with van der Waals surface area (Å²) in [6.45, 7) is 1.95. The molecular weight excluding hydrogens is 438 g/mol. The molecule has 1 aliphatic rings. The van der Waals surface area contributed by atoms with E-state index < -0.39 is 22.0 Å². The van der Waals surface area contributed by atoms with E-state index in [1.807, 2.05) is 31.2 Å². The molecule has 33 heavy (non-hydrogen) atoms. The van der Waals surface area contributed by atoms with E-state index in [0.717, 1.165) is 11.1 Å². The molecule has 1 unspecified atom stereocenters. The van der Waals surface area contributed by atoms with Crippen LogP contribution in [-0.4, -0.2) is 27.3 Å². The molecule has 0 radical (unpaired) electrons. The van der Waals surface area contributed by atoms with Crippen molar-refractivity contribution in [1.82, 2.24) is 4.72 Å². The molecule has 2 amide bonds. The van der Waals surface area contributed by atoms with Crippen LogP contribution in [0.4, 0.5) is 11.4 Å². The third kappa shape index (κ3) is 4.97. The van der Waals surface area contributed by atoms with Gasteiger partial charge in [-0.3, -0.25) is 9.59 Å². The van der Waals surface area contributed by atoms with Crippen LogP contribution in [0.25, 0.3) is 0 Å². The third-order valence-electron chi connectivity index (χ3n) is 5.69. The van der Waals surface area contributed by atoms with Crippen LogP contribution in [0.3, 0.4) is 0 Å². The zero-order chi connectivity index (χ0) is 23.6. The van der Waals surface area contributed by atoms with Crippen molar-refractivity contribution in [3.63, 3.8) is 0 Å². The van der Waals surface area contributed by atoms with Crippen molar-refractivity contribution in [3.8, 4) is 0 Å². The minimum absolute atomic E-state index is 0.0455. The Morgan fingerprint density at radius 2 is 1.70 bits per heavy atom. The van der Waals surface area contributed by atoms with E-state index in [1.165, 1.54) is 11.0 Å². The van der Waals surface area contributed by atoms with E-state index in [1.54, 1.807) is 49.5 Å². The van der Waals surface area contributed by atoms with Crippen LogP contribution >= 0.6 is 0 Å². The van der Waals surface area contributed by atoms with Gasteiger partial charge in [-0.2, -0.15) is 4.72 Å². The predicted octanol–water partition coefficient (Wildman–Crippen LogP) is 3.56. The number of nitrogens with one attached hydrogen (secondary N) is 2. The molecule has 0 aromatic heterocycles. The van der Waals surface area contributed by atoms with Gasteiger partial charge in [0.05, 0.1) is 4.90 Å². The third-order valence-corrected chi connectivity index (χ3v) is 7.11. The predicted molar refractivity (Wildman–Crippen MR) is 127 cm³/mol. The number of carbonyl (C=O) groups is 2. The molecule has 0 bridgehead atoms. The van der Waals surface area contributed by atoms with Crippen LogP contribution in [0.2, 0.25) is 0 Å². The summed E-state index contributed by atoms with van der Waals surface area (Å²) in [5.74, 6) is -0.496. The van der Waals surface area contributed by atoms with Crippen molar-refractivity contribution < 1.29 is 18.0 Å². The zero-order valence-corrected chi connectivity index (χ0v) is 19.2. The summed E-state index contributed by atoms with van der Waals surface area (Å²) in [5, 5.41) is 2.75. The van der Waals surface area contributed by atoms with Crippen molar-refractivity contribution in [2.45, 2.75) is 30.7 Å². The molecular formula is C25H25N3O4S. The first-order chi connectivity index (χ1) is 15.7. The van der Waals surface area contributed by atoms with Crippen molar-refractivity contribution in [1.29, 1.82) is 0 Å². The van der Waals surface area contributed by atoms with Gasteiger partial charge in [0.1, 0.15) is 6.04 Å². The number of hydrogen-bond acceptors (Lipinski definition) is 4. The van der Waals surface area contributed by atoms with E-state index >= 15 is 0 Å². The summed E-state index contributed by atoms with van der Waals surface area (Å²) in [7, 11) is -2.41. The van der Waals surface area contributed by atoms with Crippen LogP contribution in [0.15, 0.2) is 77.7 Å². The highest BCUT2D eigenvalue weighted by atomic mass is 32.2. The first kappa shape index (κ1) is 22.7. The number of anilines is 2. The summed E-state index contributed by atoms with van der Waals surface area (Å²) in [6, 6.07) is 19.7. The van der Waals surface area contributed by atoms with Gasteiger partial charge in [0.2, 0.25) is 21.8 Å². The van der Waals surface area contributed by atoms with Crippen LogP contribution < -0.4 is 14.9 Å². The summed E-state index contributed by atoms with van der Waals surface area (Å²) in [4.78, 5) is 26.6. The van der Waals surface area contributed by atoms with Gasteiger partial charge in [-0.05, 0) is 54.8 Å². The summed E-state index contributed by atoms with van der Waals surface area (Å²) in [6.07, 6.45) is 0.762. The highest BCUT2D eigenvalue weighted by molar-refractivity contribution is 7.89. The average Bonchev–Trinajstić information content (AvgIpc) is 2.82. The van der Waals surface area contributed by atoms with Crippen LogP contribution in [0, 0.1) is 6.92 Å². The lowest BCUT2D eigenvalue weighted by atomic mass is 10.0. The molecule has 3 aromatic rings. The largest absolute Gasteiger partial charge is 0.326 e. The Labute approximate surface area is 193 Å². The molecule has 8 heteroatoms. The number of likely N-dealkylation sites (N-methyl/N-ethyl adjacent to an activating group) is 1. The van der Waals surface area contributed by atoms with Gasteiger partial charge in [-0.1, -0.05) is 48.0 Å². The number of sulfonamides is 1. The van der Waals surface area contributed by atoms with Gasteiger partial charge in [0, 0.05) is 24.8 Å². The van der Waals surface area contributed by atoms with E-state index in [4.69, 9.17) is 0 Å². The minimum Gasteiger partial charge on any atom is -0.326 e. The number of carbonyl (C=O) groups excluding carboxylic acids is 2. The molecule has 1 heterocycles. The number of hydrogen-bond donors (Lipinski definition) is 2. The van der Waals surface area contributed by atoms with Gasteiger partial charge < -0.3 is 10.2 Å². The Bertz CT molecular complexity index is 1290. The standard InChI is InChI=1S/C25H25N3O4S/c1-17-8-11-20(12-9-17)28(2)25(30)24(18-6-4-3-5-7-18)27-33(31,32)21-13-14-22-19(16-21)10-15-23(29)26-22/h3-9,11-14,16,24,27H,10,15H2,1-2H3,(H,26,29). The van der Waals surface area contributed by atoms with E-state index in [0.29, 0.717) is 29.8 Å². The Morgan fingerprint density at radius 1 is 1.00 bits per heavy atom. The maximum absolute atomic E-state index is 13.5. The second kappa shape index (κ2) is 9.17. The number of rotatable bonds is 6. The normalized spacial score (nSPS) is 14.2. The van der Waals surface area contributed by atoms with Gasteiger partial charge in [0.25, 0.3) is 0 Å². The minimum atomic E-state index is -4.03. The number of fused-ring (bicyclic) bond motifs is 1. The summed E-state index contributed by atoms with van der Waals surface area (Å²) >= 11 is 0. The highest BCUT2D eigenvalue weighted by Gasteiger charge is 2.30. The lowest BCUT2D eigenvalue weighted by Crippen LogP contribution is -2.41. The van der Waals surface area contributed by atoms with Crippen LogP contribution in [0.1, 0.15) is 29.2 Å². The molecule has 3 aromatic carbocycles. The second-order valence-corrected chi connectivity index (χ2v) is 9.78. The molecule has 2 N–H and O–H groups in total. The molecule has 7 nitrogen and oxygen atoms in total. The average molecular weight is 464 g/mol. The monoisotopic (exact) mass is 463 g/mol. The first-order valence-electron chi connectivity index (χ1n) is 10.6. The Balaban J connectivity index is 1.66. The maximum atomic E-state index is 13.5. The van der Waals surface area contributed by atoms with Gasteiger partial charge >= 0.3 is 0 Å². The molecule has 4 rings (SSSR count). The Morgan fingerprint density at radius 3 is 2.39 bits per heavy atom. The van der Waals surface area contributed by atoms with E-state index in [-0.39, 0.29) is 10.8 Å². The lowest BCUT2D eigenvalue weighted by molar-refractivity contribution is -0.120. The molecule has 0 fully saturated rings. The number of amides is 2. The first-order valence-corrected chi connectivity index (χ1v) is 12.1. The van der Waals surface area contributed by atoms with Crippen molar-refractivity contribution in [2.75, 3.05) is 17.3 Å². The smallest absolute Gasteiger partial charge is 0.249 e. The lowest BCUT2D eigenvalue weighted by Gasteiger charge is -2.25. The topological polar surface area (TPSA) is 95.6 Å². The Kier molecular flexibility index (Phi) is 6.31. The van der Waals surface area contributed by atoms with Crippen molar-refractivity contribution in [2.24, 2.45) is 0 Å². The van der Waals surface area contributed by atoms with Crippen LogP contribution in [0.5, 0.6) is 0 Å². The second-order valence-electron chi connectivity index (χ2n) is 8.06. The van der Waals surface area contributed by atoms with Gasteiger partial charge in [-0.25, -0.2) is 8.42 Å².